The molecule has 0 aliphatic heterocycles. The molecule has 0 saturated heterocycles. The second-order valence-electron chi connectivity index (χ2n) is 5.08. The van der Waals surface area contributed by atoms with Crippen LogP contribution in [0.2, 0.25) is 0 Å². The number of nitrogens with zero attached hydrogens (tertiary/aromatic N) is 2. The molecule has 6 heteroatoms. The van der Waals surface area contributed by atoms with Crippen molar-refractivity contribution in [3.63, 3.8) is 0 Å². The number of benzene rings is 1. The van der Waals surface area contributed by atoms with Crippen molar-refractivity contribution in [1.82, 2.24) is 4.90 Å². The number of amides is 2. The molecule has 21 heavy (non-hydrogen) atoms. The van der Waals surface area contributed by atoms with Gasteiger partial charge < -0.3 is 10.0 Å². The van der Waals surface area contributed by atoms with Gasteiger partial charge in [0.2, 0.25) is 0 Å². The number of anilines is 1. The summed E-state index contributed by atoms with van der Waals surface area (Å²) >= 11 is 0. The van der Waals surface area contributed by atoms with Gasteiger partial charge in [-0.3, -0.25) is 9.69 Å². The first-order chi connectivity index (χ1) is 10.0. The number of carboxylic acid groups (broad SMARTS) is 1. The second-order valence-corrected chi connectivity index (χ2v) is 5.08. The highest BCUT2D eigenvalue weighted by Crippen LogP contribution is 2.29. The van der Waals surface area contributed by atoms with E-state index in [2.05, 4.69) is 0 Å². The van der Waals surface area contributed by atoms with Crippen LogP contribution < -0.4 is 4.90 Å². The van der Waals surface area contributed by atoms with Crippen molar-refractivity contribution in [2.75, 3.05) is 18.0 Å². The van der Waals surface area contributed by atoms with E-state index in [1.807, 2.05) is 6.92 Å². The normalized spacial score (nSPS) is 13.8. The number of aliphatic carboxylic acids is 1. The van der Waals surface area contributed by atoms with Crippen LogP contribution in [0.15, 0.2) is 24.3 Å². The molecule has 2 rings (SSSR count). The first kappa shape index (κ1) is 15.3. The molecule has 0 radical (unpaired) electrons. The Morgan fingerprint density at radius 1 is 1.38 bits per heavy atom. The maximum atomic E-state index is 13.3. The topological polar surface area (TPSA) is 60.9 Å². The van der Waals surface area contributed by atoms with Crippen LogP contribution >= 0.6 is 0 Å². The third-order valence-corrected chi connectivity index (χ3v) is 3.47. The van der Waals surface area contributed by atoms with E-state index in [4.69, 9.17) is 5.11 Å². The van der Waals surface area contributed by atoms with E-state index in [1.165, 1.54) is 17.0 Å². The molecule has 0 unspecified atom stereocenters. The zero-order valence-corrected chi connectivity index (χ0v) is 12.0. The van der Waals surface area contributed by atoms with Gasteiger partial charge in [0.25, 0.3) is 0 Å². The molecule has 1 fully saturated rings. The lowest BCUT2D eigenvalue weighted by molar-refractivity contribution is -0.137. The summed E-state index contributed by atoms with van der Waals surface area (Å²) in [5.74, 6) is -1.33. The second kappa shape index (κ2) is 6.56. The van der Waals surface area contributed by atoms with E-state index in [0.717, 1.165) is 12.8 Å². The van der Waals surface area contributed by atoms with E-state index in [-0.39, 0.29) is 25.0 Å². The minimum Gasteiger partial charge on any atom is -0.481 e. The fourth-order valence-corrected chi connectivity index (χ4v) is 2.26. The van der Waals surface area contributed by atoms with Gasteiger partial charge in [0.05, 0.1) is 6.42 Å². The standard InChI is InChI=1S/C15H19FN2O3/c1-2-17(13-5-3-4-11(16)10-13)15(21)18(12-6-7-12)9-8-14(19)20/h3-5,10,12H,2,6-9H2,1H3,(H,19,20). The monoisotopic (exact) mass is 294 g/mol. The molecule has 1 aromatic carbocycles. The molecule has 1 aromatic rings. The minimum atomic E-state index is -0.928. The molecule has 1 aliphatic carbocycles. The van der Waals surface area contributed by atoms with Crippen molar-refractivity contribution in [2.45, 2.75) is 32.2 Å². The van der Waals surface area contributed by atoms with Crippen molar-refractivity contribution in [3.05, 3.63) is 30.1 Å². The average Bonchev–Trinajstić information content (AvgIpc) is 3.24. The van der Waals surface area contributed by atoms with Crippen molar-refractivity contribution < 1.29 is 19.1 Å². The molecule has 0 heterocycles. The van der Waals surface area contributed by atoms with E-state index < -0.39 is 11.8 Å². The smallest absolute Gasteiger partial charge is 0.324 e. The van der Waals surface area contributed by atoms with Gasteiger partial charge in [-0.15, -0.1) is 0 Å². The Morgan fingerprint density at radius 3 is 2.62 bits per heavy atom. The fraction of sp³-hybridized carbons (Fsp3) is 0.467. The lowest BCUT2D eigenvalue weighted by atomic mass is 10.2. The van der Waals surface area contributed by atoms with Gasteiger partial charge >= 0.3 is 12.0 Å². The van der Waals surface area contributed by atoms with Crippen molar-refractivity contribution >= 4 is 17.7 Å². The third kappa shape index (κ3) is 3.93. The molecule has 5 nitrogen and oxygen atoms in total. The Bertz CT molecular complexity index is 531. The lowest BCUT2D eigenvalue weighted by Crippen LogP contribution is -2.45. The summed E-state index contributed by atoms with van der Waals surface area (Å²) in [7, 11) is 0. The van der Waals surface area contributed by atoms with Gasteiger partial charge in [-0.1, -0.05) is 6.07 Å². The predicted octanol–water partition coefficient (Wildman–Crippen LogP) is 2.71. The number of carboxylic acids is 1. The first-order valence-electron chi connectivity index (χ1n) is 7.08. The van der Waals surface area contributed by atoms with Crippen LogP contribution in [-0.4, -0.2) is 41.1 Å². The van der Waals surface area contributed by atoms with Crippen LogP contribution in [0.25, 0.3) is 0 Å². The maximum absolute atomic E-state index is 13.3. The van der Waals surface area contributed by atoms with Crippen LogP contribution in [0, 0.1) is 5.82 Å². The quantitative estimate of drug-likeness (QED) is 0.877. The highest BCUT2D eigenvalue weighted by Gasteiger charge is 2.35. The van der Waals surface area contributed by atoms with Crippen LogP contribution in [0.3, 0.4) is 0 Å². The Balaban J connectivity index is 2.15. The Morgan fingerprint density at radius 2 is 2.10 bits per heavy atom. The van der Waals surface area contributed by atoms with E-state index in [9.17, 15) is 14.0 Å². The van der Waals surface area contributed by atoms with Gasteiger partial charge in [-0.2, -0.15) is 0 Å². The van der Waals surface area contributed by atoms with E-state index >= 15 is 0 Å². The first-order valence-corrected chi connectivity index (χ1v) is 7.08. The Hall–Kier alpha value is -2.11. The molecule has 114 valence electrons. The summed E-state index contributed by atoms with van der Waals surface area (Å²) in [6.07, 6.45) is 1.71. The van der Waals surface area contributed by atoms with E-state index in [1.54, 1.807) is 17.0 Å². The number of urea groups is 1. The van der Waals surface area contributed by atoms with E-state index in [0.29, 0.717) is 12.2 Å². The molecule has 1 saturated carbocycles. The van der Waals surface area contributed by atoms with Crippen LogP contribution in [0.5, 0.6) is 0 Å². The van der Waals surface area contributed by atoms with Crippen molar-refractivity contribution in [1.29, 1.82) is 0 Å². The lowest BCUT2D eigenvalue weighted by Gasteiger charge is -2.30. The van der Waals surface area contributed by atoms with Crippen molar-refractivity contribution in [3.8, 4) is 0 Å². The summed E-state index contributed by atoms with van der Waals surface area (Å²) in [6, 6.07) is 5.71. The molecular weight excluding hydrogens is 275 g/mol. The molecule has 0 bridgehead atoms. The number of carbonyl (C=O) groups is 2. The number of carbonyl (C=O) groups excluding carboxylic acids is 1. The average molecular weight is 294 g/mol. The summed E-state index contributed by atoms with van der Waals surface area (Å²) in [5.41, 5.74) is 0.489. The zero-order chi connectivity index (χ0) is 15.4. The van der Waals surface area contributed by atoms with Gasteiger partial charge in [-0.25, -0.2) is 9.18 Å². The molecule has 1 N–H and O–H groups in total. The minimum absolute atomic E-state index is 0.0804. The van der Waals surface area contributed by atoms with Crippen LogP contribution in [0.1, 0.15) is 26.2 Å². The van der Waals surface area contributed by atoms with Gasteiger partial charge in [-0.05, 0) is 38.0 Å². The zero-order valence-electron chi connectivity index (χ0n) is 12.0. The fourth-order valence-electron chi connectivity index (χ4n) is 2.26. The summed E-state index contributed by atoms with van der Waals surface area (Å²) in [4.78, 5) is 26.4. The number of hydrogen-bond acceptors (Lipinski definition) is 2. The number of hydrogen-bond donors (Lipinski definition) is 1. The van der Waals surface area contributed by atoms with Crippen molar-refractivity contribution in [2.24, 2.45) is 0 Å². The maximum Gasteiger partial charge on any atom is 0.324 e. The van der Waals surface area contributed by atoms with Crippen LogP contribution in [-0.2, 0) is 4.79 Å². The van der Waals surface area contributed by atoms with Gasteiger partial charge in [0.1, 0.15) is 5.82 Å². The molecular formula is C15H19FN2O3. The van der Waals surface area contributed by atoms with Gasteiger partial charge in [0.15, 0.2) is 0 Å². The molecule has 0 spiro atoms. The van der Waals surface area contributed by atoms with Gasteiger partial charge in [0, 0.05) is 24.8 Å². The SMILES string of the molecule is CCN(C(=O)N(CCC(=O)O)C1CC1)c1cccc(F)c1. The third-order valence-electron chi connectivity index (χ3n) is 3.47. The molecule has 0 atom stereocenters. The largest absolute Gasteiger partial charge is 0.481 e. The number of rotatable bonds is 6. The molecule has 0 aromatic heterocycles. The molecule has 2 amide bonds. The van der Waals surface area contributed by atoms with Crippen LogP contribution in [0.4, 0.5) is 14.9 Å². The highest BCUT2D eigenvalue weighted by molar-refractivity contribution is 5.92. The highest BCUT2D eigenvalue weighted by atomic mass is 19.1. The Labute approximate surface area is 123 Å². The summed E-state index contributed by atoms with van der Waals surface area (Å²) in [6.45, 7) is 2.40. The summed E-state index contributed by atoms with van der Waals surface area (Å²) in [5, 5.41) is 8.79. The molecule has 1 aliphatic rings. The number of halogens is 1. The predicted molar refractivity (Wildman–Crippen MR) is 76.8 cm³/mol. The summed E-state index contributed by atoms with van der Waals surface area (Å²) < 4.78 is 13.3. The Kier molecular flexibility index (Phi) is 4.77.